The summed E-state index contributed by atoms with van der Waals surface area (Å²) in [4.78, 5) is 0. The first-order valence-electron chi connectivity index (χ1n) is 2.77. The monoisotopic (exact) mass is 294 g/mol. The van der Waals surface area contributed by atoms with Gasteiger partial charge in [0.15, 0.2) is 5.44 Å². The molecule has 4 nitrogen and oxygen atoms in total. The van der Waals surface area contributed by atoms with Gasteiger partial charge in [-0.3, -0.25) is 0 Å². The second kappa shape index (κ2) is 5.22. The normalized spacial score (nSPS) is 13.5. The van der Waals surface area contributed by atoms with Crippen molar-refractivity contribution in [1.29, 1.82) is 0 Å². The molecule has 0 saturated heterocycles. The maximum absolute atomic E-state index is 10.4. The summed E-state index contributed by atoms with van der Waals surface area (Å²) in [6.07, 6.45) is 0. The van der Waals surface area contributed by atoms with Crippen LogP contribution in [0.1, 0.15) is 11.0 Å². The van der Waals surface area contributed by atoms with Crippen molar-refractivity contribution < 1.29 is 47.6 Å². The molecule has 1 rings (SSSR count). The summed E-state index contributed by atoms with van der Waals surface area (Å²) in [5.41, 5.74) is -1.88. The molecule has 0 saturated carbocycles. The van der Waals surface area contributed by atoms with Gasteiger partial charge in [-0.1, -0.05) is 0 Å². The molecule has 0 aliphatic heterocycles. The zero-order valence-electron chi connectivity index (χ0n) is 6.60. The Morgan fingerprint density at radius 1 is 1.54 bits per heavy atom. The van der Waals surface area contributed by atoms with Crippen LogP contribution in [0.3, 0.4) is 0 Å². The minimum Gasteiger partial charge on any atom is -0.746 e. The van der Waals surface area contributed by atoms with E-state index in [0.717, 1.165) is 0 Å². The number of halogens is 1. The van der Waals surface area contributed by atoms with Crippen LogP contribution in [-0.2, 0) is 10.1 Å². The second-order valence-corrected chi connectivity index (χ2v) is 5.05. The Morgan fingerprint density at radius 2 is 2.08 bits per heavy atom. The number of hydrogen-bond donors (Lipinski definition) is 1. The van der Waals surface area contributed by atoms with Crippen molar-refractivity contribution in [2.24, 2.45) is 0 Å². The van der Waals surface area contributed by atoms with Gasteiger partial charge in [0.2, 0.25) is 0 Å². The molecule has 0 spiro atoms. The van der Waals surface area contributed by atoms with E-state index in [2.05, 4.69) is 15.9 Å². The zero-order valence-corrected chi connectivity index (χ0v) is 11.8. The number of thiophene rings is 1. The zero-order chi connectivity index (χ0) is 9.35. The molecule has 13 heavy (non-hydrogen) atoms. The number of rotatable bonds is 2. The Hall–Kier alpha value is 1.05. The van der Waals surface area contributed by atoms with Crippen molar-refractivity contribution in [3.8, 4) is 0 Å². The van der Waals surface area contributed by atoms with Crippen molar-refractivity contribution in [3.63, 3.8) is 0 Å². The third kappa shape index (κ3) is 3.60. The molecule has 0 fully saturated rings. The Kier molecular flexibility index (Phi) is 5.64. The van der Waals surface area contributed by atoms with Gasteiger partial charge in [-0.15, -0.1) is 0 Å². The van der Waals surface area contributed by atoms with E-state index in [-0.39, 0.29) is 35.1 Å². The molecule has 0 radical (unpaired) electrons. The van der Waals surface area contributed by atoms with Gasteiger partial charge in [0.1, 0.15) is 10.1 Å². The van der Waals surface area contributed by atoms with E-state index >= 15 is 0 Å². The van der Waals surface area contributed by atoms with Crippen LogP contribution in [0.4, 0.5) is 0 Å². The number of aliphatic hydroxyl groups is 1. The van der Waals surface area contributed by atoms with E-state index in [4.69, 9.17) is 5.11 Å². The van der Waals surface area contributed by atoms with Crippen LogP contribution in [0.2, 0.25) is 0 Å². The van der Waals surface area contributed by atoms with Gasteiger partial charge in [-0.05, 0) is 21.3 Å². The topological polar surface area (TPSA) is 77.4 Å². The molecule has 1 aromatic heterocycles. The minimum atomic E-state index is -4.67. The smallest absolute Gasteiger partial charge is 0.746 e. The predicted octanol–water partition coefficient (Wildman–Crippen LogP) is -1.95. The van der Waals surface area contributed by atoms with Crippen molar-refractivity contribution >= 4 is 37.4 Å². The van der Waals surface area contributed by atoms with E-state index < -0.39 is 15.6 Å². The molecule has 68 valence electrons. The average molecular weight is 295 g/mol. The van der Waals surface area contributed by atoms with Crippen LogP contribution in [0.15, 0.2) is 15.2 Å². The van der Waals surface area contributed by atoms with Gasteiger partial charge in [-0.2, -0.15) is 11.3 Å². The van der Waals surface area contributed by atoms with E-state index in [9.17, 15) is 13.0 Å². The molecule has 1 atom stereocenters. The Morgan fingerprint density at radius 3 is 2.38 bits per heavy atom. The first-order chi connectivity index (χ1) is 5.43. The molecular weight excluding hydrogens is 291 g/mol. The van der Waals surface area contributed by atoms with Crippen molar-refractivity contribution in [3.05, 3.63) is 20.8 Å². The third-order valence-electron chi connectivity index (χ3n) is 1.18. The summed E-state index contributed by atoms with van der Waals surface area (Å²) in [6, 6.07) is 0. The Labute approximate surface area is 110 Å². The second-order valence-electron chi connectivity index (χ2n) is 2.02. The van der Waals surface area contributed by atoms with Gasteiger partial charge in [0, 0.05) is 15.4 Å². The SMILES string of the molecule is O=S(=O)([O-])C(O)c1cscc1Br.[Na+]. The van der Waals surface area contributed by atoms with Gasteiger partial charge >= 0.3 is 29.6 Å². The van der Waals surface area contributed by atoms with Crippen LogP contribution < -0.4 is 29.6 Å². The number of aliphatic hydroxyl groups excluding tert-OH is 1. The maximum atomic E-state index is 10.4. The largest absolute Gasteiger partial charge is 1.00 e. The van der Waals surface area contributed by atoms with Gasteiger partial charge < -0.3 is 9.66 Å². The third-order valence-corrected chi connectivity index (χ3v) is 3.73. The van der Waals surface area contributed by atoms with Gasteiger partial charge in [0.25, 0.3) is 0 Å². The maximum Gasteiger partial charge on any atom is 1.00 e. The van der Waals surface area contributed by atoms with Crippen LogP contribution in [0.5, 0.6) is 0 Å². The fourth-order valence-electron chi connectivity index (χ4n) is 0.623. The van der Waals surface area contributed by atoms with Gasteiger partial charge in [0.05, 0.1) is 0 Å². The molecule has 0 amide bonds. The summed E-state index contributed by atoms with van der Waals surface area (Å²) in [5, 5.41) is 12.0. The molecular formula is C5H4BrNaO4S2. The van der Waals surface area contributed by atoms with E-state index in [1.165, 1.54) is 16.7 Å². The average Bonchev–Trinajstić information content (AvgIpc) is 2.31. The molecule has 0 bridgehead atoms. The Bertz CT molecular complexity index is 374. The summed E-state index contributed by atoms with van der Waals surface area (Å²) < 4.78 is 31.5. The van der Waals surface area contributed by atoms with E-state index in [1.54, 1.807) is 5.38 Å². The fraction of sp³-hybridized carbons (Fsp3) is 0.200. The van der Waals surface area contributed by atoms with Crippen LogP contribution in [-0.4, -0.2) is 18.1 Å². The molecule has 0 aliphatic rings. The van der Waals surface area contributed by atoms with Gasteiger partial charge in [-0.25, -0.2) is 8.42 Å². The van der Waals surface area contributed by atoms with Crippen LogP contribution >= 0.6 is 27.3 Å². The molecule has 1 N–H and O–H groups in total. The molecule has 8 heteroatoms. The Balaban J connectivity index is 0.00000144. The molecule has 1 unspecified atom stereocenters. The summed E-state index contributed by atoms with van der Waals surface area (Å²) in [5.74, 6) is 0. The predicted molar refractivity (Wildman–Crippen MR) is 46.7 cm³/mol. The van der Waals surface area contributed by atoms with Crippen molar-refractivity contribution in [1.82, 2.24) is 0 Å². The van der Waals surface area contributed by atoms with Crippen LogP contribution in [0, 0.1) is 0 Å². The molecule has 1 heterocycles. The number of hydrogen-bond acceptors (Lipinski definition) is 5. The standard InChI is InChI=1S/C5H5BrO4S2.Na/c6-4-2-11-1-3(4)5(7)12(8,9)10;/h1-2,5,7H,(H,8,9,10);/q;+1/p-1. The summed E-state index contributed by atoms with van der Waals surface area (Å²) >= 11 is 4.21. The molecule has 1 aromatic rings. The first kappa shape index (κ1) is 14.1. The molecule has 0 aromatic carbocycles. The molecule has 0 aliphatic carbocycles. The summed E-state index contributed by atoms with van der Waals surface area (Å²) in [7, 11) is -4.67. The van der Waals surface area contributed by atoms with Crippen molar-refractivity contribution in [2.75, 3.05) is 0 Å². The fourth-order valence-corrected chi connectivity index (χ4v) is 2.90. The van der Waals surface area contributed by atoms with E-state index in [0.29, 0.717) is 4.47 Å². The minimum absolute atomic E-state index is 0. The van der Waals surface area contributed by atoms with Crippen molar-refractivity contribution in [2.45, 2.75) is 5.44 Å². The van der Waals surface area contributed by atoms with E-state index in [1.807, 2.05) is 0 Å². The first-order valence-corrected chi connectivity index (χ1v) is 5.98. The summed E-state index contributed by atoms with van der Waals surface area (Å²) in [6.45, 7) is 0. The quantitative estimate of drug-likeness (QED) is 0.508. The van der Waals surface area contributed by atoms with Crippen LogP contribution in [0.25, 0.3) is 0 Å².